The zero-order valence-corrected chi connectivity index (χ0v) is 16.5. The highest BCUT2D eigenvalue weighted by molar-refractivity contribution is 6.30. The van der Waals surface area contributed by atoms with E-state index in [0.717, 1.165) is 5.56 Å². The van der Waals surface area contributed by atoms with Crippen molar-refractivity contribution in [3.05, 3.63) is 47.0 Å². The number of benzene rings is 2. The van der Waals surface area contributed by atoms with E-state index in [4.69, 9.17) is 30.5 Å². The molecule has 0 saturated carbocycles. The van der Waals surface area contributed by atoms with Crippen LogP contribution in [0.15, 0.2) is 36.4 Å². The number of methoxy groups -OCH3 is 3. The molecule has 27 heavy (non-hydrogen) atoms. The minimum atomic E-state index is -0.0680. The first-order chi connectivity index (χ1) is 13.1. The first kappa shape index (κ1) is 20.7. The van der Waals surface area contributed by atoms with Gasteiger partial charge in [0, 0.05) is 11.4 Å². The largest absolute Gasteiger partial charge is 0.493 e. The maximum atomic E-state index is 12.1. The molecule has 0 aliphatic rings. The van der Waals surface area contributed by atoms with Gasteiger partial charge in [0.05, 0.1) is 27.9 Å². The SMILES string of the molecule is COc1ccc(CCC(=O)NCCOc2cccc(Cl)c2)c(OC)c1OC. The lowest BCUT2D eigenvalue weighted by molar-refractivity contribution is -0.121. The summed E-state index contributed by atoms with van der Waals surface area (Å²) in [7, 11) is 4.68. The number of aryl methyl sites for hydroxylation is 1. The number of hydrogen-bond donors (Lipinski definition) is 1. The Balaban J connectivity index is 1.81. The average molecular weight is 394 g/mol. The van der Waals surface area contributed by atoms with Crippen LogP contribution in [0, 0.1) is 0 Å². The molecule has 0 saturated heterocycles. The van der Waals surface area contributed by atoms with Crippen LogP contribution in [0.5, 0.6) is 23.0 Å². The third-order valence-corrected chi connectivity index (χ3v) is 4.13. The maximum Gasteiger partial charge on any atom is 0.220 e. The smallest absolute Gasteiger partial charge is 0.220 e. The van der Waals surface area contributed by atoms with Crippen molar-refractivity contribution < 1.29 is 23.7 Å². The number of halogens is 1. The van der Waals surface area contributed by atoms with Crippen LogP contribution in [0.2, 0.25) is 5.02 Å². The molecule has 0 radical (unpaired) electrons. The van der Waals surface area contributed by atoms with Crippen molar-refractivity contribution in [1.29, 1.82) is 0 Å². The van der Waals surface area contributed by atoms with E-state index in [1.165, 1.54) is 0 Å². The molecule has 2 aromatic rings. The minimum Gasteiger partial charge on any atom is -0.493 e. The van der Waals surface area contributed by atoms with Crippen molar-refractivity contribution in [2.45, 2.75) is 12.8 Å². The molecule has 1 amide bonds. The van der Waals surface area contributed by atoms with E-state index in [0.29, 0.717) is 54.0 Å². The van der Waals surface area contributed by atoms with Crippen molar-refractivity contribution >= 4 is 17.5 Å². The zero-order chi connectivity index (χ0) is 19.6. The van der Waals surface area contributed by atoms with Crippen LogP contribution in [0.3, 0.4) is 0 Å². The van der Waals surface area contributed by atoms with Gasteiger partial charge in [-0.2, -0.15) is 0 Å². The fourth-order valence-corrected chi connectivity index (χ4v) is 2.79. The van der Waals surface area contributed by atoms with Crippen LogP contribution in [-0.2, 0) is 11.2 Å². The molecule has 0 aliphatic carbocycles. The molecule has 146 valence electrons. The third kappa shape index (κ3) is 5.96. The summed E-state index contributed by atoms with van der Waals surface area (Å²) >= 11 is 5.90. The van der Waals surface area contributed by atoms with Crippen LogP contribution in [-0.4, -0.2) is 40.4 Å². The van der Waals surface area contributed by atoms with Gasteiger partial charge >= 0.3 is 0 Å². The molecule has 7 heteroatoms. The van der Waals surface area contributed by atoms with Crippen molar-refractivity contribution in [2.75, 3.05) is 34.5 Å². The summed E-state index contributed by atoms with van der Waals surface area (Å²) in [6.07, 6.45) is 0.841. The lowest BCUT2D eigenvalue weighted by atomic mass is 10.1. The second kappa shape index (κ2) is 10.5. The summed E-state index contributed by atoms with van der Waals surface area (Å²) in [6.45, 7) is 0.778. The number of carbonyl (C=O) groups excluding carboxylic acids is 1. The molecule has 0 bridgehead atoms. The van der Waals surface area contributed by atoms with Gasteiger partial charge in [0.1, 0.15) is 12.4 Å². The highest BCUT2D eigenvalue weighted by atomic mass is 35.5. The second-order valence-electron chi connectivity index (χ2n) is 5.65. The summed E-state index contributed by atoms with van der Waals surface area (Å²) in [5.41, 5.74) is 0.875. The van der Waals surface area contributed by atoms with E-state index in [2.05, 4.69) is 5.32 Å². The standard InChI is InChI=1S/C20H24ClNO5/c1-24-17-9-7-14(19(25-2)20(17)26-3)8-10-18(23)22-11-12-27-16-6-4-5-15(21)13-16/h4-7,9,13H,8,10-12H2,1-3H3,(H,22,23). The van der Waals surface area contributed by atoms with Crippen molar-refractivity contribution in [2.24, 2.45) is 0 Å². The zero-order valence-electron chi connectivity index (χ0n) is 15.7. The molecule has 0 unspecified atom stereocenters. The molecule has 6 nitrogen and oxygen atoms in total. The molecule has 0 heterocycles. The lowest BCUT2D eigenvalue weighted by Crippen LogP contribution is -2.28. The van der Waals surface area contributed by atoms with Gasteiger partial charge in [-0.25, -0.2) is 0 Å². The van der Waals surface area contributed by atoms with Gasteiger partial charge in [0.25, 0.3) is 0 Å². The summed E-state index contributed by atoms with van der Waals surface area (Å²) < 4.78 is 21.6. The number of ether oxygens (including phenoxy) is 4. The Bertz CT molecular complexity index is 766. The number of amides is 1. The third-order valence-electron chi connectivity index (χ3n) is 3.90. The number of nitrogens with one attached hydrogen (secondary N) is 1. The van der Waals surface area contributed by atoms with E-state index in [1.54, 1.807) is 39.5 Å². The van der Waals surface area contributed by atoms with Crippen molar-refractivity contribution in [3.8, 4) is 23.0 Å². The summed E-state index contributed by atoms with van der Waals surface area (Å²) in [5, 5.41) is 3.44. The minimum absolute atomic E-state index is 0.0680. The molecule has 0 aromatic heterocycles. The average Bonchev–Trinajstić information content (AvgIpc) is 2.68. The number of carbonyl (C=O) groups is 1. The number of hydrogen-bond acceptors (Lipinski definition) is 5. The molecule has 0 atom stereocenters. The topological polar surface area (TPSA) is 66.0 Å². The first-order valence-corrected chi connectivity index (χ1v) is 8.89. The van der Waals surface area contributed by atoms with Gasteiger partial charge in [-0.05, 0) is 36.2 Å². The molecule has 0 spiro atoms. The molecule has 1 N–H and O–H groups in total. The summed E-state index contributed by atoms with van der Waals surface area (Å²) in [6, 6.07) is 10.8. The van der Waals surface area contributed by atoms with E-state index < -0.39 is 0 Å². The van der Waals surface area contributed by atoms with E-state index in [-0.39, 0.29) is 5.91 Å². The van der Waals surface area contributed by atoms with Gasteiger partial charge in [-0.3, -0.25) is 4.79 Å². The predicted octanol–water partition coefficient (Wildman–Crippen LogP) is 3.49. The first-order valence-electron chi connectivity index (χ1n) is 8.52. The van der Waals surface area contributed by atoms with Gasteiger partial charge in [0.15, 0.2) is 11.5 Å². The van der Waals surface area contributed by atoms with Crippen LogP contribution in [0.1, 0.15) is 12.0 Å². The van der Waals surface area contributed by atoms with Crippen LogP contribution >= 0.6 is 11.6 Å². The Morgan fingerprint density at radius 1 is 1.04 bits per heavy atom. The van der Waals surface area contributed by atoms with Gasteiger partial charge in [-0.15, -0.1) is 0 Å². The Kier molecular flexibility index (Phi) is 8.07. The van der Waals surface area contributed by atoms with E-state index in [1.807, 2.05) is 18.2 Å². The predicted molar refractivity (Wildman–Crippen MR) is 104 cm³/mol. The molecular formula is C20H24ClNO5. The summed E-state index contributed by atoms with van der Waals surface area (Å²) in [5.74, 6) is 2.29. The van der Waals surface area contributed by atoms with Crippen LogP contribution in [0.25, 0.3) is 0 Å². The fourth-order valence-electron chi connectivity index (χ4n) is 2.61. The monoisotopic (exact) mass is 393 g/mol. The highest BCUT2D eigenvalue weighted by Gasteiger charge is 2.16. The maximum absolute atomic E-state index is 12.1. The molecule has 2 rings (SSSR count). The second-order valence-corrected chi connectivity index (χ2v) is 6.09. The van der Waals surface area contributed by atoms with Crippen LogP contribution < -0.4 is 24.3 Å². The van der Waals surface area contributed by atoms with Crippen LogP contribution in [0.4, 0.5) is 0 Å². The molecule has 2 aromatic carbocycles. The normalized spacial score (nSPS) is 10.2. The summed E-state index contributed by atoms with van der Waals surface area (Å²) in [4.78, 5) is 12.1. The van der Waals surface area contributed by atoms with E-state index in [9.17, 15) is 4.79 Å². The Morgan fingerprint density at radius 3 is 2.48 bits per heavy atom. The highest BCUT2D eigenvalue weighted by Crippen LogP contribution is 2.40. The van der Waals surface area contributed by atoms with Gasteiger partial charge < -0.3 is 24.3 Å². The quantitative estimate of drug-likeness (QED) is 0.626. The Morgan fingerprint density at radius 2 is 1.81 bits per heavy atom. The molecular weight excluding hydrogens is 370 g/mol. The fraction of sp³-hybridized carbons (Fsp3) is 0.350. The Labute approximate surface area is 164 Å². The van der Waals surface area contributed by atoms with E-state index >= 15 is 0 Å². The number of rotatable bonds is 10. The van der Waals surface area contributed by atoms with Gasteiger partial charge in [-0.1, -0.05) is 23.7 Å². The van der Waals surface area contributed by atoms with Crippen molar-refractivity contribution in [3.63, 3.8) is 0 Å². The Hall–Kier alpha value is -2.60. The lowest BCUT2D eigenvalue weighted by Gasteiger charge is -2.15. The van der Waals surface area contributed by atoms with Crippen molar-refractivity contribution in [1.82, 2.24) is 5.32 Å². The molecule has 0 fully saturated rings. The molecule has 0 aliphatic heterocycles. The van der Waals surface area contributed by atoms with Gasteiger partial charge in [0.2, 0.25) is 11.7 Å².